The van der Waals surface area contributed by atoms with Gasteiger partial charge in [-0.1, -0.05) is 54.6 Å². The van der Waals surface area contributed by atoms with Crippen molar-refractivity contribution in [1.82, 2.24) is 36.2 Å². The predicted molar refractivity (Wildman–Crippen MR) is 174 cm³/mol. The molecular formula is C35H41N7O2. The van der Waals surface area contributed by atoms with Crippen LogP contribution in [0.4, 0.5) is 0 Å². The fourth-order valence-corrected chi connectivity index (χ4v) is 5.34. The smallest absolute Gasteiger partial charge is 0.251 e. The Hall–Kier alpha value is -4.73. The van der Waals surface area contributed by atoms with Gasteiger partial charge in [0.1, 0.15) is 11.9 Å². The van der Waals surface area contributed by atoms with Gasteiger partial charge in [-0.3, -0.25) is 9.59 Å². The number of benzene rings is 3. The lowest BCUT2D eigenvalue weighted by molar-refractivity contribution is -0.123. The lowest BCUT2D eigenvalue weighted by Gasteiger charge is -2.23. The molecule has 2 amide bonds. The second-order valence-electron chi connectivity index (χ2n) is 11.1. The molecule has 0 bridgehead atoms. The minimum atomic E-state index is -0.677. The lowest BCUT2D eigenvalue weighted by atomic mass is 9.99. The molecule has 44 heavy (non-hydrogen) atoms. The highest BCUT2D eigenvalue weighted by Gasteiger charge is 2.23. The summed E-state index contributed by atoms with van der Waals surface area (Å²) < 4.78 is 0. The van der Waals surface area contributed by atoms with Gasteiger partial charge in [0.2, 0.25) is 5.91 Å². The van der Waals surface area contributed by atoms with Gasteiger partial charge < -0.3 is 31.2 Å². The van der Waals surface area contributed by atoms with Crippen molar-refractivity contribution in [1.29, 1.82) is 0 Å². The summed E-state index contributed by atoms with van der Waals surface area (Å²) in [5.74, 6) is 0.403. The number of amides is 2. The van der Waals surface area contributed by atoms with Crippen molar-refractivity contribution in [2.45, 2.75) is 58.4 Å². The first-order valence-corrected chi connectivity index (χ1v) is 15.2. The van der Waals surface area contributed by atoms with E-state index < -0.39 is 6.04 Å². The molecule has 2 aromatic heterocycles. The van der Waals surface area contributed by atoms with Gasteiger partial charge in [-0.05, 0) is 78.9 Å². The molecule has 9 nitrogen and oxygen atoms in total. The number of imidazole rings is 1. The number of aromatic nitrogens is 3. The first-order valence-electron chi connectivity index (χ1n) is 15.2. The summed E-state index contributed by atoms with van der Waals surface area (Å²) in [5, 5.41) is 15.2. The van der Waals surface area contributed by atoms with E-state index in [9.17, 15) is 9.59 Å². The second-order valence-corrected chi connectivity index (χ2v) is 11.1. The molecule has 6 N–H and O–H groups in total. The number of aryl methyl sites for hydroxylation is 1. The lowest BCUT2D eigenvalue weighted by Crippen LogP contribution is -2.47. The maximum atomic E-state index is 13.6. The summed E-state index contributed by atoms with van der Waals surface area (Å²) >= 11 is 0. The zero-order chi connectivity index (χ0) is 30.7. The maximum absolute atomic E-state index is 13.6. The number of carbonyl (C=O) groups is 2. The molecule has 5 aromatic rings. The number of hydrogen-bond acceptors (Lipinski definition) is 5. The molecule has 2 heterocycles. The molecule has 0 fully saturated rings. The molecule has 2 atom stereocenters. The average molecular weight is 592 g/mol. The van der Waals surface area contributed by atoms with E-state index in [2.05, 4.69) is 61.3 Å². The number of H-pyrrole nitrogens is 2. The molecule has 3 aromatic carbocycles. The van der Waals surface area contributed by atoms with Gasteiger partial charge >= 0.3 is 0 Å². The normalized spacial score (nSPS) is 12.6. The van der Waals surface area contributed by atoms with Crippen LogP contribution in [0.1, 0.15) is 64.4 Å². The quantitative estimate of drug-likeness (QED) is 0.0952. The maximum Gasteiger partial charge on any atom is 0.251 e. The number of nitrogens with zero attached hydrogens (tertiary/aromatic N) is 1. The van der Waals surface area contributed by atoms with Gasteiger partial charge in [0.15, 0.2) is 0 Å². The van der Waals surface area contributed by atoms with E-state index in [1.807, 2.05) is 55.6 Å². The molecule has 0 aliphatic carbocycles. The van der Waals surface area contributed by atoms with Gasteiger partial charge in [0.25, 0.3) is 5.91 Å². The van der Waals surface area contributed by atoms with Crippen LogP contribution >= 0.6 is 0 Å². The van der Waals surface area contributed by atoms with Crippen molar-refractivity contribution in [3.05, 3.63) is 125 Å². The van der Waals surface area contributed by atoms with Crippen LogP contribution in [-0.4, -0.2) is 39.4 Å². The average Bonchev–Trinajstić information content (AvgIpc) is 3.71. The standard InChI is InChI=1S/C35H41N7O2/c1-24-16-18-38-32(24)22-36-17-6-11-31(35(44)41-25(2)29-10-5-8-27-7-3-4-9-30(27)29)42-34(43)28-14-12-26(13-15-28)21-37-23-33-39-19-20-40-33/h3-5,7-10,12-16,18-20,25,31,36-38H,6,11,17,21-23H2,1-2H3,(H,39,40)(H,41,44)(H,42,43)/t25-,31-/m0/s1. The Morgan fingerprint density at radius 1 is 0.841 bits per heavy atom. The SMILES string of the molecule is Cc1cc[nH]c1CNCCC[C@H](NC(=O)c1ccc(CNCc2ncc[nH]2)cc1)C(=O)N[C@@H](C)c1cccc2ccccc12. The van der Waals surface area contributed by atoms with Crippen molar-refractivity contribution in [2.24, 2.45) is 0 Å². The van der Waals surface area contributed by atoms with E-state index >= 15 is 0 Å². The van der Waals surface area contributed by atoms with Crippen molar-refractivity contribution >= 4 is 22.6 Å². The fourth-order valence-electron chi connectivity index (χ4n) is 5.34. The summed E-state index contributed by atoms with van der Waals surface area (Å²) in [7, 11) is 0. The van der Waals surface area contributed by atoms with Crippen LogP contribution in [-0.2, 0) is 24.4 Å². The Morgan fingerprint density at radius 2 is 1.66 bits per heavy atom. The fraction of sp³-hybridized carbons (Fsp3) is 0.286. The van der Waals surface area contributed by atoms with Gasteiger partial charge in [0, 0.05) is 42.9 Å². The number of carbonyl (C=O) groups excluding carboxylic acids is 2. The van der Waals surface area contributed by atoms with Crippen LogP contribution in [0.5, 0.6) is 0 Å². The van der Waals surface area contributed by atoms with Crippen LogP contribution in [0.25, 0.3) is 10.8 Å². The predicted octanol–water partition coefficient (Wildman–Crippen LogP) is 5.04. The zero-order valence-corrected chi connectivity index (χ0v) is 25.3. The van der Waals surface area contributed by atoms with Crippen LogP contribution in [0.3, 0.4) is 0 Å². The third-order valence-electron chi connectivity index (χ3n) is 7.88. The molecule has 0 aliphatic heterocycles. The van der Waals surface area contributed by atoms with E-state index in [-0.39, 0.29) is 17.9 Å². The third-order valence-corrected chi connectivity index (χ3v) is 7.88. The highest BCUT2D eigenvalue weighted by atomic mass is 16.2. The molecule has 5 rings (SSSR count). The highest BCUT2D eigenvalue weighted by Crippen LogP contribution is 2.24. The van der Waals surface area contributed by atoms with Crippen molar-refractivity contribution < 1.29 is 9.59 Å². The third kappa shape index (κ3) is 8.21. The van der Waals surface area contributed by atoms with Gasteiger partial charge in [-0.15, -0.1) is 0 Å². The molecule has 0 spiro atoms. The van der Waals surface area contributed by atoms with Gasteiger partial charge in [-0.25, -0.2) is 4.98 Å². The van der Waals surface area contributed by atoms with Crippen LogP contribution < -0.4 is 21.3 Å². The Kier molecular flexibility index (Phi) is 10.6. The van der Waals surface area contributed by atoms with Crippen molar-refractivity contribution in [2.75, 3.05) is 6.54 Å². The van der Waals surface area contributed by atoms with Gasteiger partial charge in [-0.2, -0.15) is 0 Å². The summed E-state index contributed by atoms with van der Waals surface area (Å²) in [6, 6.07) is 22.9. The van der Waals surface area contributed by atoms with E-state index in [1.54, 1.807) is 24.5 Å². The molecular weight excluding hydrogens is 550 g/mol. The molecule has 228 valence electrons. The van der Waals surface area contributed by atoms with Gasteiger partial charge in [0.05, 0.1) is 12.6 Å². The summed E-state index contributed by atoms with van der Waals surface area (Å²) in [6.07, 6.45) is 6.68. The summed E-state index contributed by atoms with van der Waals surface area (Å²) in [5.41, 5.74) is 4.97. The highest BCUT2D eigenvalue weighted by molar-refractivity contribution is 5.97. The molecule has 0 unspecified atom stereocenters. The molecule has 0 saturated carbocycles. The molecule has 0 aliphatic rings. The molecule has 0 saturated heterocycles. The van der Waals surface area contributed by atoms with Crippen LogP contribution in [0.15, 0.2) is 91.4 Å². The number of nitrogens with one attached hydrogen (secondary N) is 6. The topological polar surface area (TPSA) is 127 Å². The molecule has 0 radical (unpaired) electrons. The zero-order valence-electron chi connectivity index (χ0n) is 25.3. The van der Waals surface area contributed by atoms with Crippen LogP contribution in [0.2, 0.25) is 0 Å². The number of fused-ring (bicyclic) bond motifs is 1. The minimum Gasteiger partial charge on any atom is -0.364 e. The Bertz CT molecular complexity index is 1640. The largest absolute Gasteiger partial charge is 0.364 e. The number of aromatic amines is 2. The second kappa shape index (κ2) is 15.1. The van der Waals surface area contributed by atoms with E-state index in [0.29, 0.717) is 25.1 Å². The van der Waals surface area contributed by atoms with E-state index in [0.717, 1.165) is 52.9 Å². The summed E-state index contributed by atoms with van der Waals surface area (Å²) in [4.78, 5) is 37.5. The first kappa shape index (κ1) is 30.7. The van der Waals surface area contributed by atoms with Crippen LogP contribution in [0, 0.1) is 6.92 Å². The Morgan fingerprint density at radius 3 is 2.43 bits per heavy atom. The van der Waals surface area contributed by atoms with E-state index in [4.69, 9.17) is 0 Å². The summed E-state index contributed by atoms with van der Waals surface area (Å²) in [6.45, 7) is 6.78. The Labute approximate surface area is 258 Å². The number of rotatable bonds is 15. The Balaban J connectivity index is 1.20. The van der Waals surface area contributed by atoms with Crippen molar-refractivity contribution in [3.63, 3.8) is 0 Å². The minimum absolute atomic E-state index is 0.197. The number of hydrogen-bond donors (Lipinski definition) is 6. The van der Waals surface area contributed by atoms with Crippen molar-refractivity contribution in [3.8, 4) is 0 Å². The van der Waals surface area contributed by atoms with E-state index in [1.165, 1.54) is 5.56 Å². The molecule has 9 heteroatoms. The first-order chi connectivity index (χ1) is 21.5. The monoisotopic (exact) mass is 591 g/mol.